The fourth-order valence-corrected chi connectivity index (χ4v) is 0.960. The molecule has 0 atom stereocenters. The average Bonchev–Trinajstić information content (AvgIpc) is 2.06. The van der Waals surface area contributed by atoms with Gasteiger partial charge in [0.15, 0.2) is 0 Å². The fourth-order valence-electron chi connectivity index (χ4n) is 0.835. The number of benzene rings is 1. The van der Waals surface area contributed by atoms with Gasteiger partial charge < -0.3 is 4.74 Å². The number of para-hydroxylation sites is 1. The van der Waals surface area contributed by atoms with E-state index in [0.717, 1.165) is 11.3 Å². The van der Waals surface area contributed by atoms with Crippen molar-refractivity contribution in [2.75, 3.05) is 7.11 Å². The van der Waals surface area contributed by atoms with Crippen LogP contribution < -0.4 is 4.74 Å². The average molecular weight is 167 g/mol. The molecule has 58 valence electrons. The molecule has 0 aliphatic carbocycles. The SMILES string of the molecule is COc1ccccc1/C=N/S. The number of hydrogen-bond donors (Lipinski definition) is 1. The Kier molecular flexibility index (Phi) is 2.98. The van der Waals surface area contributed by atoms with Gasteiger partial charge in [0.1, 0.15) is 5.75 Å². The maximum atomic E-state index is 5.07. The normalized spacial score (nSPS) is 10.4. The third kappa shape index (κ3) is 1.98. The molecule has 3 heteroatoms. The number of nitrogens with zero attached hydrogens (tertiary/aromatic N) is 1. The highest BCUT2D eigenvalue weighted by Crippen LogP contribution is 2.14. The molecule has 0 aromatic heterocycles. The summed E-state index contributed by atoms with van der Waals surface area (Å²) < 4.78 is 8.68. The zero-order valence-corrected chi connectivity index (χ0v) is 7.08. The Bertz CT molecular complexity index is 260. The lowest BCUT2D eigenvalue weighted by atomic mass is 10.2. The van der Waals surface area contributed by atoms with Crippen molar-refractivity contribution < 1.29 is 4.74 Å². The predicted molar refractivity (Wildman–Crippen MR) is 49.6 cm³/mol. The van der Waals surface area contributed by atoms with Crippen LogP contribution in [0.5, 0.6) is 5.75 Å². The van der Waals surface area contributed by atoms with Crippen LogP contribution in [0.15, 0.2) is 28.7 Å². The van der Waals surface area contributed by atoms with Gasteiger partial charge in [-0.1, -0.05) is 12.1 Å². The molecular weight excluding hydrogens is 158 g/mol. The van der Waals surface area contributed by atoms with Gasteiger partial charge in [-0.2, -0.15) is 0 Å². The highest BCUT2D eigenvalue weighted by atomic mass is 32.1. The second-order valence-corrected chi connectivity index (χ2v) is 2.22. The molecule has 1 aromatic rings. The Morgan fingerprint density at radius 3 is 2.82 bits per heavy atom. The van der Waals surface area contributed by atoms with Crippen LogP contribution in [-0.4, -0.2) is 13.3 Å². The summed E-state index contributed by atoms with van der Waals surface area (Å²) >= 11 is 3.73. The molecule has 0 bridgehead atoms. The topological polar surface area (TPSA) is 21.6 Å². The summed E-state index contributed by atoms with van der Waals surface area (Å²) in [6.45, 7) is 0. The second-order valence-electron chi connectivity index (χ2n) is 1.99. The Hall–Kier alpha value is -0.960. The minimum absolute atomic E-state index is 0.810. The van der Waals surface area contributed by atoms with Gasteiger partial charge in [0.25, 0.3) is 0 Å². The molecule has 11 heavy (non-hydrogen) atoms. The molecule has 0 heterocycles. The van der Waals surface area contributed by atoms with E-state index in [-0.39, 0.29) is 0 Å². The molecule has 0 saturated carbocycles. The minimum atomic E-state index is 0.810. The summed E-state index contributed by atoms with van der Waals surface area (Å²) in [6.07, 6.45) is 1.64. The minimum Gasteiger partial charge on any atom is -0.496 e. The highest BCUT2D eigenvalue weighted by Gasteiger charge is 1.95. The Morgan fingerprint density at radius 1 is 1.45 bits per heavy atom. The first-order valence-electron chi connectivity index (χ1n) is 3.19. The quantitative estimate of drug-likeness (QED) is 0.527. The molecule has 0 radical (unpaired) electrons. The summed E-state index contributed by atoms with van der Waals surface area (Å²) in [4.78, 5) is 0. The first-order valence-corrected chi connectivity index (χ1v) is 3.59. The predicted octanol–water partition coefficient (Wildman–Crippen LogP) is 1.96. The first kappa shape index (κ1) is 8.14. The summed E-state index contributed by atoms with van der Waals surface area (Å²) in [5.41, 5.74) is 0.935. The lowest BCUT2D eigenvalue weighted by Gasteiger charge is -2.01. The van der Waals surface area contributed by atoms with Gasteiger partial charge >= 0.3 is 0 Å². The van der Waals surface area contributed by atoms with Gasteiger partial charge in [-0.15, -0.1) is 0 Å². The van der Waals surface area contributed by atoms with Gasteiger partial charge in [0.05, 0.1) is 7.11 Å². The first-order chi connectivity index (χ1) is 5.38. The summed E-state index contributed by atoms with van der Waals surface area (Å²) in [5, 5.41) is 0. The Morgan fingerprint density at radius 2 is 2.18 bits per heavy atom. The molecule has 0 amide bonds. The molecule has 1 aromatic carbocycles. The van der Waals surface area contributed by atoms with Crippen molar-refractivity contribution >= 4 is 19.0 Å². The van der Waals surface area contributed by atoms with Crippen LogP contribution in [0.3, 0.4) is 0 Å². The van der Waals surface area contributed by atoms with Crippen molar-refractivity contribution in [1.82, 2.24) is 0 Å². The van der Waals surface area contributed by atoms with E-state index in [0.29, 0.717) is 0 Å². The monoisotopic (exact) mass is 167 g/mol. The molecule has 0 spiro atoms. The van der Waals surface area contributed by atoms with Crippen molar-refractivity contribution in [3.05, 3.63) is 29.8 Å². The van der Waals surface area contributed by atoms with Crippen molar-refractivity contribution in [3.8, 4) is 5.75 Å². The number of hydrogen-bond acceptors (Lipinski definition) is 3. The zero-order valence-electron chi connectivity index (χ0n) is 6.19. The molecular formula is C8H9NOS. The standard InChI is InChI=1S/C8H9NOS/c1-10-8-5-3-2-4-7(8)6-9-11/h2-6,11H,1H3/b9-6+. The maximum Gasteiger partial charge on any atom is 0.127 e. The molecule has 2 nitrogen and oxygen atoms in total. The van der Waals surface area contributed by atoms with Gasteiger partial charge in [-0.25, -0.2) is 4.40 Å². The van der Waals surface area contributed by atoms with Crippen LogP contribution in [0.25, 0.3) is 0 Å². The largest absolute Gasteiger partial charge is 0.496 e. The van der Waals surface area contributed by atoms with Crippen molar-refractivity contribution in [2.45, 2.75) is 0 Å². The number of ether oxygens (including phenoxy) is 1. The van der Waals surface area contributed by atoms with E-state index in [2.05, 4.69) is 17.2 Å². The van der Waals surface area contributed by atoms with E-state index in [1.165, 1.54) is 0 Å². The van der Waals surface area contributed by atoms with Crippen molar-refractivity contribution in [2.24, 2.45) is 4.40 Å². The maximum absolute atomic E-state index is 5.07. The lowest BCUT2D eigenvalue weighted by molar-refractivity contribution is 0.414. The van der Waals surface area contributed by atoms with Gasteiger partial charge in [-0.3, -0.25) is 0 Å². The van der Waals surface area contributed by atoms with E-state index in [1.54, 1.807) is 13.3 Å². The Balaban J connectivity index is 3.02. The summed E-state index contributed by atoms with van der Waals surface area (Å²) in [7, 11) is 1.63. The molecule has 0 aliphatic heterocycles. The molecule has 0 unspecified atom stereocenters. The smallest absolute Gasteiger partial charge is 0.127 e. The van der Waals surface area contributed by atoms with Crippen molar-refractivity contribution in [3.63, 3.8) is 0 Å². The third-order valence-electron chi connectivity index (χ3n) is 1.34. The molecule has 0 N–H and O–H groups in total. The van der Waals surface area contributed by atoms with E-state index in [9.17, 15) is 0 Å². The van der Waals surface area contributed by atoms with E-state index < -0.39 is 0 Å². The molecule has 0 saturated heterocycles. The van der Waals surface area contributed by atoms with Gasteiger partial charge in [-0.05, 0) is 24.9 Å². The highest BCUT2D eigenvalue weighted by molar-refractivity contribution is 7.79. The third-order valence-corrected chi connectivity index (χ3v) is 1.45. The fraction of sp³-hybridized carbons (Fsp3) is 0.125. The van der Waals surface area contributed by atoms with Crippen LogP contribution in [0, 0.1) is 0 Å². The van der Waals surface area contributed by atoms with E-state index in [1.807, 2.05) is 24.3 Å². The number of rotatable bonds is 2. The zero-order chi connectivity index (χ0) is 8.10. The molecule has 1 rings (SSSR count). The summed E-state index contributed by atoms with van der Waals surface area (Å²) in [6, 6.07) is 7.63. The van der Waals surface area contributed by atoms with E-state index >= 15 is 0 Å². The van der Waals surface area contributed by atoms with Crippen LogP contribution in [0.4, 0.5) is 0 Å². The van der Waals surface area contributed by atoms with Crippen LogP contribution >= 0.6 is 12.8 Å². The lowest BCUT2D eigenvalue weighted by Crippen LogP contribution is -1.88. The molecule has 0 aliphatic rings. The molecule has 0 fully saturated rings. The number of thiol groups is 1. The summed E-state index contributed by atoms with van der Waals surface area (Å²) in [5.74, 6) is 0.810. The van der Waals surface area contributed by atoms with Gasteiger partial charge in [0, 0.05) is 11.8 Å². The van der Waals surface area contributed by atoms with Crippen LogP contribution in [0.1, 0.15) is 5.56 Å². The van der Waals surface area contributed by atoms with Crippen LogP contribution in [0.2, 0.25) is 0 Å². The number of methoxy groups -OCH3 is 1. The Labute approximate surface area is 71.5 Å². The van der Waals surface area contributed by atoms with Gasteiger partial charge in [0.2, 0.25) is 0 Å². The van der Waals surface area contributed by atoms with Crippen molar-refractivity contribution in [1.29, 1.82) is 0 Å². The van der Waals surface area contributed by atoms with Crippen LogP contribution in [-0.2, 0) is 0 Å². The van der Waals surface area contributed by atoms with E-state index in [4.69, 9.17) is 4.74 Å². The second kappa shape index (κ2) is 4.03.